The van der Waals surface area contributed by atoms with Gasteiger partial charge < -0.3 is 5.73 Å². The van der Waals surface area contributed by atoms with E-state index in [9.17, 15) is 0 Å². The summed E-state index contributed by atoms with van der Waals surface area (Å²) in [6.45, 7) is 4.36. The molecule has 0 radical (unpaired) electrons. The highest BCUT2D eigenvalue weighted by molar-refractivity contribution is 5.20. The molecule has 1 atom stereocenters. The van der Waals surface area contributed by atoms with Crippen molar-refractivity contribution in [1.82, 2.24) is 0 Å². The first-order chi connectivity index (χ1) is 6.18. The highest BCUT2D eigenvalue weighted by atomic mass is 14.6. The predicted octanol–water partition coefficient (Wildman–Crippen LogP) is 3.15. The van der Waals surface area contributed by atoms with Crippen LogP contribution in [0.4, 0.5) is 0 Å². The lowest BCUT2D eigenvalue weighted by atomic mass is 10.0. The predicted molar refractivity (Wildman–Crippen MR) is 58.2 cm³/mol. The first-order valence-electron chi connectivity index (χ1n) is 4.98. The van der Waals surface area contributed by atoms with E-state index in [4.69, 9.17) is 5.73 Å². The minimum absolute atomic E-state index is 0.616. The van der Waals surface area contributed by atoms with Crippen LogP contribution in [0.15, 0.2) is 35.6 Å². The Morgan fingerprint density at radius 1 is 1.46 bits per heavy atom. The molecule has 0 aromatic carbocycles. The van der Waals surface area contributed by atoms with Crippen molar-refractivity contribution in [2.24, 2.45) is 11.7 Å². The zero-order valence-corrected chi connectivity index (χ0v) is 8.59. The van der Waals surface area contributed by atoms with Gasteiger partial charge in [-0.2, -0.15) is 0 Å². The van der Waals surface area contributed by atoms with E-state index in [1.807, 2.05) is 0 Å². The zero-order valence-electron chi connectivity index (χ0n) is 8.59. The summed E-state index contributed by atoms with van der Waals surface area (Å²) in [7, 11) is 0. The van der Waals surface area contributed by atoms with Crippen molar-refractivity contribution in [2.75, 3.05) is 0 Å². The minimum atomic E-state index is 0.616. The van der Waals surface area contributed by atoms with Crippen LogP contribution in [0, 0.1) is 5.92 Å². The zero-order chi connectivity index (χ0) is 9.68. The summed E-state index contributed by atoms with van der Waals surface area (Å²) in [5, 5.41) is 0. The molecule has 0 saturated heterocycles. The molecule has 1 nitrogen and oxygen atoms in total. The van der Waals surface area contributed by atoms with Gasteiger partial charge in [0.2, 0.25) is 0 Å². The van der Waals surface area contributed by atoms with Gasteiger partial charge in [-0.25, -0.2) is 0 Å². The Morgan fingerprint density at radius 3 is 3.00 bits per heavy atom. The van der Waals surface area contributed by atoms with Gasteiger partial charge in [0.1, 0.15) is 0 Å². The largest absolute Gasteiger partial charge is 0.399 e. The second-order valence-electron chi connectivity index (χ2n) is 3.87. The van der Waals surface area contributed by atoms with Crippen LogP contribution >= 0.6 is 0 Å². The fraction of sp³-hybridized carbons (Fsp3) is 0.500. The third kappa shape index (κ3) is 3.97. The number of nitrogens with two attached hydrogens (primary N) is 1. The van der Waals surface area contributed by atoms with Crippen LogP contribution < -0.4 is 5.73 Å². The molecular weight excluding hydrogens is 158 g/mol. The first-order valence-corrected chi connectivity index (χ1v) is 4.98. The monoisotopic (exact) mass is 177 g/mol. The number of hydrogen-bond acceptors (Lipinski definition) is 1. The molecule has 2 N–H and O–H groups in total. The van der Waals surface area contributed by atoms with Crippen LogP contribution in [-0.4, -0.2) is 0 Å². The van der Waals surface area contributed by atoms with Gasteiger partial charge >= 0.3 is 0 Å². The van der Waals surface area contributed by atoms with Gasteiger partial charge in [0.05, 0.1) is 0 Å². The van der Waals surface area contributed by atoms with Crippen LogP contribution in [0.5, 0.6) is 0 Å². The van der Waals surface area contributed by atoms with Crippen molar-refractivity contribution in [3.63, 3.8) is 0 Å². The van der Waals surface area contributed by atoms with E-state index >= 15 is 0 Å². The molecule has 0 bridgehead atoms. The SMILES string of the molecule is C/C1=C\C(N)=C\CC(C)/C=C\CC1. The van der Waals surface area contributed by atoms with Crippen molar-refractivity contribution in [2.45, 2.75) is 33.1 Å². The van der Waals surface area contributed by atoms with Gasteiger partial charge in [0.25, 0.3) is 0 Å². The average Bonchev–Trinajstić information content (AvgIpc) is 2.08. The third-order valence-electron chi connectivity index (χ3n) is 2.31. The van der Waals surface area contributed by atoms with Gasteiger partial charge in [0.15, 0.2) is 0 Å². The Balaban J connectivity index is 2.73. The quantitative estimate of drug-likeness (QED) is 0.565. The molecule has 0 saturated carbocycles. The van der Waals surface area contributed by atoms with E-state index in [2.05, 4.69) is 38.2 Å². The van der Waals surface area contributed by atoms with Crippen LogP contribution in [0.25, 0.3) is 0 Å². The van der Waals surface area contributed by atoms with Gasteiger partial charge in [-0.3, -0.25) is 0 Å². The van der Waals surface area contributed by atoms with Crippen LogP contribution in [0.3, 0.4) is 0 Å². The topological polar surface area (TPSA) is 26.0 Å². The molecule has 1 aliphatic rings. The lowest BCUT2D eigenvalue weighted by molar-refractivity contribution is 0.734. The fourth-order valence-electron chi connectivity index (χ4n) is 1.46. The standard InChI is InChI=1S/C12H19N/c1-10-5-3-4-6-11(2)9-12(13)8-7-10/h3,5,8-10H,4,6-7,13H2,1-2H3/b5-3-,11-9+,12-8-. The smallest absolute Gasteiger partial charge is 0.0273 e. The normalized spacial score (nSPS) is 35.4. The highest BCUT2D eigenvalue weighted by Crippen LogP contribution is 2.13. The summed E-state index contributed by atoms with van der Waals surface area (Å²) in [6, 6.07) is 0. The fourth-order valence-corrected chi connectivity index (χ4v) is 1.46. The van der Waals surface area contributed by atoms with Crippen molar-refractivity contribution < 1.29 is 0 Å². The molecule has 1 rings (SSSR count). The van der Waals surface area contributed by atoms with Crippen LogP contribution in [-0.2, 0) is 0 Å². The molecule has 72 valence electrons. The molecule has 0 aromatic rings. The Hall–Kier alpha value is -0.980. The number of rotatable bonds is 0. The molecule has 0 heterocycles. The van der Waals surface area contributed by atoms with Crippen molar-refractivity contribution in [3.05, 3.63) is 35.6 Å². The molecule has 1 heteroatoms. The summed E-state index contributed by atoms with van der Waals surface area (Å²) in [4.78, 5) is 0. The molecule has 0 spiro atoms. The van der Waals surface area contributed by atoms with Crippen molar-refractivity contribution >= 4 is 0 Å². The molecule has 0 aliphatic heterocycles. The maximum atomic E-state index is 5.84. The van der Waals surface area contributed by atoms with Gasteiger partial charge in [-0.1, -0.05) is 30.7 Å². The van der Waals surface area contributed by atoms with E-state index in [0.29, 0.717) is 5.92 Å². The number of allylic oxidation sites excluding steroid dienone is 5. The van der Waals surface area contributed by atoms with Crippen molar-refractivity contribution in [3.8, 4) is 0 Å². The Kier molecular flexibility index (Phi) is 3.81. The molecule has 1 unspecified atom stereocenters. The number of hydrogen-bond donors (Lipinski definition) is 1. The van der Waals surface area contributed by atoms with E-state index in [1.165, 1.54) is 5.57 Å². The molecule has 0 aromatic heterocycles. The summed E-state index contributed by atoms with van der Waals surface area (Å²) >= 11 is 0. The minimum Gasteiger partial charge on any atom is -0.399 e. The van der Waals surface area contributed by atoms with Gasteiger partial charge in [0, 0.05) is 5.70 Å². The summed E-state index contributed by atoms with van der Waals surface area (Å²) < 4.78 is 0. The van der Waals surface area contributed by atoms with Crippen LogP contribution in [0.1, 0.15) is 33.1 Å². The van der Waals surface area contributed by atoms with Crippen molar-refractivity contribution in [1.29, 1.82) is 0 Å². The Labute approximate surface area is 81.0 Å². The van der Waals surface area contributed by atoms with Crippen LogP contribution in [0.2, 0.25) is 0 Å². The maximum Gasteiger partial charge on any atom is 0.0273 e. The van der Waals surface area contributed by atoms with E-state index in [1.54, 1.807) is 0 Å². The van der Waals surface area contributed by atoms with Gasteiger partial charge in [-0.15, -0.1) is 0 Å². The summed E-state index contributed by atoms with van der Waals surface area (Å²) in [6.07, 6.45) is 12.1. The molecular formula is C12H19N. The summed E-state index contributed by atoms with van der Waals surface area (Å²) in [5.41, 5.74) is 8.12. The third-order valence-corrected chi connectivity index (χ3v) is 2.31. The van der Waals surface area contributed by atoms with Gasteiger partial charge in [-0.05, 0) is 38.2 Å². The van der Waals surface area contributed by atoms with E-state index in [0.717, 1.165) is 25.0 Å². The molecule has 0 amide bonds. The highest BCUT2D eigenvalue weighted by Gasteiger charge is 1.97. The maximum absolute atomic E-state index is 5.84. The lowest BCUT2D eigenvalue weighted by Crippen LogP contribution is -1.97. The average molecular weight is 177 g/mol. The second-order valence-corrected chi connectivity index (χ2v) is 3.87. The molecule has 0 fully saturated rings. The first kappa shape index (κ1) is 10.1. The van der Waals surface area contributed by atoms with E-state index in [-0.39, 0.29) is 0 Å². The van der Waals surface area contributed by atoms with E-state index < -0.39 is 0 Å². The lowest BCUT2D eigenvalue weighted by Gasteiger charge is -2.06. The Morgan fingerprint density at radius 2 is 2.23 bits per heavy atom. The second kappa shape index (κ2) is 4.90. The Bertz CT molecular complexity index is 246. The summed E-state index contributed by atoms with van der Waals surface area (Å²) in [5.74, 6) is 0.616. The molecule has 13 heavy (non-hydrogen) atoms. The molecule has 1 aliphatic carbocycles.